The lowest BCUT2D eigenvalue weighted by Crippen LogP contribution is -2.74. The zero-order valence-corrected chi connectivity index (χ0v) is 6.63. The van der Waals surface area contributed by atoms with Crippen molar-refractivity contribution in [1.29, 1.82) is 5.26 Å². The number of carbonyl (C=O) groups is 1. The second-order valence-corrected chi connectivity index (χ2v) is 4.08. The van der Waals surface area contributed by atoms with Gasteiger partial charge in [-0.1, -0.05) is 0 Å². The van der Waals surface area contributed by atoms with E-state index in [0.29, 0.717) is 6.42 Å². The standard InChI is InChI=1S/C8H10N2O2/c9-2-1-7-3-8(4-7,5-7)10-6(11)12/h10H,1,3-5H2,(H,11,12). The average molecular weight is 166 g/mol. The van der Waals surface area contributed by atoms with E-state index in [-0.39, 0.29) is 11.0 Å². The molecule has 3 aliphatic rings. The number of hydrogen-bond acceptors (Lipinski definition) is 2. The highest BCUT2D eigenvalue weighted by Crippen LogP contribution is 2.68. The Morgan fingerprint density at radius 2 is 2.17 bits per heavy atom. The number of hydrogen-bond donors (Lipinski definition) is 2. The molecular weight excluding hydrogens is 156 g/mol. The van der Waals surface area contributed by atoms with Gasteiger partial charge in [-0.2, -0.15) is 5.26 Å². The summed E-state index contributed by atoms with van der Waals surface area (Å²) in [6.45, 7) is 0. The molecule has 4 heteroatoms. The Hall–Kier alpha value is -1.24. The molecule has 64 valence electrons. The minimum atomic E-state index is -0.944. The Balaban J connectivity index is 1.88. The second kappa shape index (κ2) is 1.92. The third-order valence-corrected chi connectivity index (χ3v) is 2.97. The molecule has 0 unspecified atom stereocenters. The van der Waals surface area contributed by atoms with E-state index >= 15 is 0 Å². The van der Waals surface area contributed by atoms with Crippen molar-refractivity contribution in [3.63, 3.8) is 0 Å². The van der Waals surface area contributed by atoms with Crippen molar-refractivity contribution in [1.82, 2.24) is 5.32 Å². The lowest BCUT2D eigenvalue weighted by Gasteiger charge is -2.69. The highest BCUT2D eigenvalue weighted by Gasteiger charge is 2.68. The van der Waals surface area contributed by atoms with Crippen molar-refractivity contribution >= 4 is 6.09 Å². The van der Waals surface area contributed by atoms with Crippen LogP contribution in [0.25, 0.3) is 0 Å². The van der Waals surface area contributed by atoms with Crippen LogP contribution in [0.3, 0.4) is 0 Å². The van der Waals surface area contributed by atoms with Crippen LogP contribution in [0.2, 0.25) is 0 Å². The fourth-order valence-electron chi connectivity index (χ4n) is 2.71. The summed E-state index contributed by atoms with van der Waals surface area (Å²) in [6, 6.07) is 2.14. The van der Waals surface area contributed by atoms with Crippen LogP contribution in [-0.4, -0.2) is 16.7 Å². The van der Waals surface area contributed by atoms with Gasteiger partial charge in [-0.15, -0.1) is 0 Å². The highest BCUT2D eigenvalue weighted by molar-refractivity contribution is 5.66. The van der Waals surface area contributed by atoms with E-state index in [1.807, 2.05) is 0 Å². The van der Waals surface area contributed by atoms with Crippen LogP contribution in [0.1, 0.15) is 25.7 Å². The van der Waals surface area contributed by atoms with Crippen molar-refractivity contribution < 1.29 is 9.90 Å². The quantitative estimate of drug-likeness (QED) is 0.644. The van der Waals surface area contributed by atoms with E-state index in [9.17, 15) is 4.79 Å². The first-order valence-corrected chi connectivity index (χ1v) is 3.98. The van der Waals surface area contributed by atoms with Gasteiger partial charge in [0.15, 0.2) is 0 Å². The molecule has 3 rings (SSSR count). The van der Waals surface area contributed by atoms with Gasteiger partial charge in [0, 0.05) is 12.0 Å². The number of amides is 1. The zero-order chi connectivity index (χ0) is 8.82. The molecule has 2 N–H and O–H groups in total. The predicted octanol–water partition coefficient (Wildman–Crippen LogP) is 1.09. The Morgan fingerprint density at radius 3 is 2.58 bits per heavy atom. The molecule has 0 aliphatic heterocycles. The molecule has 0 aromatic carbocycles. The van der Waals surface area contributed by atoms with E-state index in [1.165, 1.54) is 0 Å². The van der Waals surface area contributed by atoms with Crippen LogP contribution in [0, 0.1) is 16.7 Å². The third-order valence-electron chi connectivity index (χ3n) is 2.97. The molecule has 0 radical (unpaired) electrons. The average Bonchev–Trinajstić information content (AvgIpc) is 1.79. The first-order chi connectivity index (χ1) is 5.60. The number of nitriles is 1. The molecule has 3 saturated carbocycles. The van der Waals surface area contributed by atoms with Crippen LogP contribution in [0.15, 0.2) is 0 Å². The number of nitrogens with zero attached hydrogens (tertiary/aromatic N) is 1. The number of rotatable bonds is 2. The first kappa shape index (κ1) is 7.41. The van der Waals surface area contributed by atoms with Crippen LogP contribution in [0.5, 0.6) is 0 Å². The Kier molecular flexibility index (Phi) is 1.18. The monoisotopic (exact) mass is 166 g/mol. The molecule has 3 fully saturated rings. The van der Waals surface area contributed by atoms with Crippen molar-refractivity contribution in [2.24, 2.45) is 5.41 Å². The smallest absolute Gasteiger partial charge is 0.405 e. The maximum atomic E-state index is 10.3. The normalized spacial score (nSPS) is 41.9. The summed E-state index contributed by atoms with van der Waals surface area (Å²) >= 11 is 0. The predicted molar refractivity (Wildman–Crippen MR) is 40.4 cm³/mol. The fourth-order valence-corrected chi connectivity index (χ4v) is 2.71. The molecule has 12 heavy (non-hydrogen) atoms. The summed E-state index contributed by atoms with van der Waals surface area (Å²) in [6.07, 6.45) is 2.22. The first-order valence-electron chi connectivity index (χ1n) is 3.98. The molecule has 0 saturated heterocycles. The summed E-state index contributed by atoms with van der Waals surface area (Å²) in [5, 5.41) is 19.5. The molecule has 0 atom stereocenters. The van der Waals surface area contributed by atoms with Gasteiger partial charge in [0.05, 0.1) is 6.07 Å². The van der Waals surface area contributed by atoms with Gasteiger partial charge in [0.2, 0.25) is 0 Å². The van der Waals surface area contributed by atoms with E-state index in [2.05, 4.69) is 11.4 Å². The van der Waals surface area contributed by atoms with Crippen molar-refractivity contribution in [3.8, 4) is 6.07 Å². The Bertz CT molecular complexity index is 259. The topological polar surface area (TPSA) is 73.1 Å². The Labute approximate surface area is 70.2 Å². The summed E-state index contributed by atoms with van der Waals surface area (Å²) in [4.78, 5) is 10.3. The number of carboxylic acid groups (broad SMARTS) is 1. The van der Waals surface area contributed by atoms with Gasteiger partial charge < -0.3 is 10.4 Å². The highest BCUT2D eigenvalue weighted by atomic mass is 16.4. The van der Waals surface area contributed by atoms with Gasteiger partial charge in [0.25, 0.3) is 0 Å². The lowest BCUT2D eigenvalue weighted by molar-refractivity contribution is -0.144. The van der Waals surface area contributed by atoms with E-state index in [0.717, 1.165) is 19.3 Å². The van der Waals surface area contributed by atoms with Crippen LogP contribution in [-0.2, 0) is 0 Å². The van der Waals surface area contributed by atoms with Gasteiger partial charge in [0.1, 0.15) is 0 Å². The van der Waals surface area contributed by atoms with Crippen molar-refractivity contribution in [2.45, 2.75) is 31.2 Å². The van der Waals surface area contributed by atoms with Crippen molar-refractivity contribution in [2.75, 3.05) is 0 Å². The molecule has 0 aromatic rings. The van der Waals surface area contributed by atoms with Gasteiger partial charge >= 0.3 is 6.09 Å². The fraction of sp³-hybridized carbons (Fsp3) is 0.750. The molecular formula is C8H10N2O2. The molecule has 0 aromatic heterocycles. The van der Waals surface area contributed by atoms with Crippen molar-refractivity contribution in [3.05, 3.63) is 0 Å². The van der Waals surface area contributed by atoms with Gasteiger partial charge in [-0.25, -0.2) is 4.79 Å². The maximum absolute atomic E-state index is 10.3. The second-order valence-electron chi connectivity index (χ2n) is 4.08. The molecule has 0 spiro atoms. The van der Waals surface area contributed by atoms with E-state index in [4.69, 9.17) is 10.4 Å². The van der Waals surface area contributed by atoms with Crippen LogP contribution in [0.4, 0.5) is 4.79 Å². The summed E-state index contributed by atoms with van der Waals surface area (Å²) in [5.41, 5.74) is 0.0277. The molecule has 3 aliphatic carbocycles. The molecule has 1 amide bonds. The summed E-state index contributed by atoms with van der Waals surface area (Å²) in [7, 11) is 0. The van der Waals surface area contributed by atoms with Crippen LogP contribution >= 0.6 is 0 Å². The van der Waals surface area contributed by atoms with Crippen LogP contribution < -0.4 is 5.32 Å². The molecule has 0 heterocycles. The summed E-state index contributed by atoms with van der Waals surface area (Å²) in [5.74, 6) is 0. The SMILES string of the molecule is N#CCC12CC(NC(=O)O)(C1)C2. The zero-order valence-electron chi connectivity index (χ0n) is 6.63. The minimum Gasteiger partial charge on any atom is -0.465 e. The third kappa shape index (κ3) is 0.795. The van der Waals surface area contributed by atoms with Gasteiger partial charge in [-0.05, 0) is 24.7 Å². The maximum Gasteiger partial charge on any atom is 0.405 e. The minimum absolute atomic E-state index is 0.150. The molecule has 2 bridgehead atoms. The van der Waals surface area contributed by atoms with E-state index < -0.39 is 6.09 Å². The molecule has 4 nitrogen and oxygen atoms in total. The van der Waals surface area contributed by atoms with Gasteiger partial charge in [-0.3, -0.25) is 0 Å². The number of nitrogens with one attached hydrogen (secondary N) is 1. The lowest BCUT2D eigenvalue weighted by atomic mass is 9.38. The van der Waals surface area contributed by atoms with E-state index in [1.54, 1.807) is 0 Å². The Morgan fingerprint density at radius 1 is 1.58 bits per heavy atom. The largest absolute Gasteiger partial charge is 0.465 e. The summed E-state index contributed by atoms with van der Waals surface area (Å²) < 4.78 is 0.